The third kappa shape index (κ3) is 2.02. The Morgan fingerprint density at radius 2 is 2.06 bits per heavy atom. The minimum atomic E-state index is -0.523. The first kappa shape index (κ1) is 12.0. The Balaban J connectivity index is 2.60. The van der Waals surface area contributed by atoms with Crippen LogP contribution in [0.1, 0.15) is 18.4 Å². The minimum absolute atomic E-state index is 0.523. The van der Waals surface area contributed by atoms with E-state index in [0.717, 1.165) is 18.4 Å². The third-order valence-corrected chi connectivity index (χ3v) is 3.15. The lowest BCUT2D eigenvalue weighted by atomic mass is 10.0. The number of halogens is 1. The summed E-state index contributed by atoms with van der Waals surface area (Å²) in [7, 11) is 3.09. The summed E-state index contributed by atoms with van der Waals surface area (Å²) in [6.07, 6.45) is 3.20. The molecule has 0 radical (unpaired) electrons. The summed E-state index contributed by atoms with van der Waals surface area (Å²) in [5, 5.41) is 0.532. The molecule has 0 bridgehead atoms. The molecule has 0 atom stereocenters. The van der Waals surface area contributed by atoms with Crippen molar-refractivity contribution in [2.45, 2.75) is 18.4 Å². The van der Waals surface area contributed by atoms with Crippen molar-refractivity contribution in [3.05, 3.63) is 22.7 Å². The van der Waals surface area contributed by atoms with E-state index >= 15 is 0 Å². The normalized spacial score (nSPS) is 15.9. The van der Waals surface area contributed by atoms with Gasteiger partial charge in [0.05, 0.1) is 14.2 Å². The van der Waals surface area contributed by atoms with Crippen LogP contribution in [0.2, 0.25) is 5.02 Å². The van der Waals surface area contributed by atoms with E-state index in [1.165, 1.54) is 0 Å². The van der Waals surface area contributed by atoms with Crippen LogP contribution in [-0.4, -0.2) is 20.3 Å². The van der Waals surface area contributed by atoms with Gasteiger partial charge in [-0.1, -0.05) is 11.6 Å². The van der Waals surface area contributed by atoms with E-state index in [-0.39, 0.29) is 0 Å². The average molecular weight is 254 g/mol. The van der Waals surface area contributed by atoms with Crippen molar-refractivity contribution < 1.29 is 14.3 Å². The van der Waals surface area contributed by atoms with Crippen LogP contribution in [0.5, 0.6) is 11.5 Å². The first-order chi connectivity index (χ1) is 8.16. The van der Waals surface area contributed by atoms with Gasteiger partial charge < -0.3 is 9.47 Å². The van der Waals surface area contributed by atoms with Crippen LogP contribution < -0.4 is 9.47 Å². The molecule has 0 saturated heterocycles. The Morgan fingerprint density at radius 1 is 1.35 bits per heavy atom. The SMILES string of the molecule is COc1cc(Cl)cc(C2(N=C=O)CC2)c1OC. The summed E-state index contributed by atoms with van der Waals surface area (Å²) in [4.78, 5) is 14.3. The summed E-state index contributed by atoms with van der Waals surface area (Å²) in [6.45, 7) is 0. The van der Waals surface area contributed by atoms with Gasteiger partial charge in [-0.25, -0.2) is 4.79 Å². The number of benzene rings is 1. The molecule has 1 aromatic rings. The molecule has 1 aromatic carbocycles. The Bertz CT molecular complexity index is 491. The molecule has 0 aromatic heterocycles. The van der Waals surface area contributed by atoms with Gasteiger partial charge in [0.2, 0.25) is 6.08 Å². The van der Waals surface area contributed by atoms with Crippen molar-refractivity contribution in [2.24, 2.45) is 4.99 Å². The summed E-state index contributed by atoms with van der Waals surface area (Å²) in [5.74, 6) is 1.12. The van der Waals surface area contributed by atoms with E-state index in [0.29, 0.717) is 16.5 Å². The van der Waals surface area contributed by atoms with Crippen LogP contribution in [0.25, 0.3) is 0 Å². The molecule has 5 heteroatoms. The standard InChI is InChI=1S/C12H12ClNO3/c1-16-10-6-8(13)5-9(11(10)17-2)12(3-4-12)14-7-15/h5-6H,3-4H2,1-2H3. The number of aliphatic imine (C=N–C) groups is 1. The molecule has 0 amide bonds. The van der Waals surface area contributed by atoms with Crippen molar-refractivity contribution in [1.82, 2.24) is 0 Å². The zero-order valence-corrected chi connectivity index (χ0v) is 10.4. The zero-order chi connectivity index (χ0) is 12.5. The van der Waals surface area contributed by atoms with E-state index in [1.807, 2.05) is 0 Å². The lowest BCUT2D eigenvalue weighted by molar-refractivity contribution is 0.348. The molecule has 17 heavy (non-hydrogen) atoms. The van der Waals surface area contributed by atoms with Gasteiger partial charge in [0, 0.05) is 16.7 Å². The van der Waals surface area contributed by atoms with Crippen LogP contribution in [-0.2, 0) is 10.3 Å². The van der Waals surface area contributed by atoms with Crippen molar-refractivity contribution in [1.29, 1.82) is 0 Å². The molecular formula is C12H12ClNO3. The predicted molar refractivity (Wildman–Crippen MR) is 63.6 cm³/mol. The number of methoxy groups -OCH3 is 2. The maximum Gasteiger partial charge on any atom is 0.235 e. The van der Waals surface area contributed by atoms with Crippen LogP contribution in [0.15, 0.2) is 17.1 Å². The number of isocyanates is 1. The highest BCUT2D eigenvalue weighted by molar-refractivity contribution is 6.30. The topological polar surface area (TPSA) is 47.9 Å². The zero-order valence-electron chi connectivity index (χ0n) is 9.62. The van der Waals surface area contributed by atoms with Gasteiger partial charge in [0.1, 0.15) is 5.54 Å². The molecule has 0 spiro atoms. The highest BCUT2D eigenvalue weighted by Crippen LogP contribution is 2.54. The molecular weight excluding hydrogens is 242 g/mol. The number of ether oxygens (including phenoxy) is 2. The second kappa shape index (κ2) is 4.40. The second-order valence-electron chi connectivity index (χ2n) is 3.92. The van der Waals surface area contributed by atoms with Crippen LogP contribution in [0, 0.1) is 0 Å². The predicted octanol–water partition coefficient (Wildman–Crippen LogP) is 2.68. The van der Waals surface area contributed by atoms with Crippen molar-refractivity contribution in [2.75, 3.05) is 14.2 Å². The lowest BCUT2D eigenvalue weighted by Gasteiger charge is -2.16. The Kier molecular flexibility index (Phi) is 3.09. The van der Waals surface area contributed by atoms with E-state index in [4.69, 9.17) is 21.1 Å². The molecule has 1 aliphatic carbocycles. The first-order valence-corrected chi connectivity index (χ1v) is 5.55. The molecule has 0 N–H and O–H groups in total. The highest BCUT2D eigenvalue weighted by atomic mass is 35.5. The molecule has 0 unspecified atom stereocenters. The van der Waals surface area contributed by atoms with E-state index in [1.54, 1.807) is 32.4 Å². The van der Waals surface area contributed by atoms with Gasteiger partial charge in [-0.05, 0) is 18.9 Å². The minimum Gasteiger partial charge on any atom is -0.493 e. The number of carbonyl (C=O) groups excluding carboxylic acids is 1. The van der Waals surface area contributed by atoms with E-state index in [2.05, 4.69) is 4.99 Å². The van der Waals surface area contributed by atoms with Gasteiger partial charge in [-0.15, -0.1) is 0 Å². The quantitative estimate of drug-likeness (QED) is 0.612. The van der Waals surface area contributed by atoms with E-state index < -0.39 is 5.54 Å². The maximum atomic E-state index is 10.5. The molecule has 4 nitrogen and oxygen atoms in total. The third-order valence-electron chi connectivity index (χ3n) is 2.93. The molecule has 90 valence electrons. The maximum absolute atomic E-state index is 10.5. The number of hydrogen-bond acceptors (Lipinski definition) is 4. The fraction of sp³-hybridized carbons (Fsp3) is 0.417. The van der Waals surface area contributed by atoms with Gasteiger partial charge in [-0.2, -0.15) is 4.99 Å². The molecule has 0 aliphatic heterocycles. The largest absolute Gasteiger partial charge is 0.493 e. The molecule has 1 aliphatic rings. The first-order valence-electron chi connectivity index (χ1n) is 5.18. The van der Waals surface area contributed by atoms with Crippen molar-refractivity contribution in [3.8, 4) is 11.5 Å². The van der Waals surface area contributed by atoms with Crippen LogP contribution in [0.3, 0.4) is 0 Å². The monoisotopic (exact) mass is 253 g/mol. The van der Waals surface area contributed by atoms with Crippen molar-refractivity contribution >= 4 is 17.7 Å². The Labute approximate surface area is 104 Å². The number of hydrogen-bond donors (Lipinski definition) is 0. The smallest absolute Gasteiger partial charge is 0.235 e. The summed E-state index contributed by atoms with van der Waals surface area (Å²) in [6, 6.07) is 3.43. The lowest BCUT2D eigenvalue weighted by Crippen LogP contribution is -2.06. The molecule has 1 saturated carbocycles. The number of rotatable bonds is 4. The number of nitrogens with zero attached hydrogens (tertiary/aromatic N) is 1. The van der Waals surface area contributed by atoms with Crippen molar-refractivity contribution in [3.63, 3.8) is 0 Å². The molecule has 1 fully saturated rings. The Morgan fingerprint density at radius 3 is 2.53 bits per heavy atom. The van der Waals surface area contributed by atoms with E-state index in [9.17, 15) is 4.79 Å². The second-order valence-corrected chi connectivity index (χ2v) is 4.36. The Hall–Kier alpha value is -1.51. The van der Waals surface area contributed by atoms with Gasteiger partial charge >= 0.3 is 0 Å². The molecule has 2 rings (SSSR count). The molecule has 0 heterocycles. The van der Waals surface area contributed by atoms with Crippen LogP contribution in [0.4, 0.5) is 0 Å². The van der Waals surface area contributed by atoms with Crippen LogP contribution >= 0.6 is 11.6 Å². The summed E-state index contributed by atoms with van der Waals surface area (Å²) >= 11 is 6.02. The summed E-state index contributed by atoms with van der Waals surface area (Å²) < 4.78 is 10.5. The van der Waals surface area contributed by atoms with Gasteiger partial charge in [0.15, 0.2) is 11.5 Å². The average Bonchev–Trinajstić information content (AvgIpc) is 3.09. The fourth-order valence-electron chi connectivity index (χ4n) is 1.92. The summed E-state index contributed by atoms with van der Waals surface area (Å²) in [5.41, 5.74) is 0.262. The fourth-order valence-corrected chi connectivity index (χ4v) is 2.13. The van der Waals surface area contributed by atoms with Gasteiger partial charge in [-0.3, -0.25) is 0 Å². The van der Waals surface area contributed by atoms with Gasteiger partial charge in [0.25, 0.3) is 0 Å². The highest BCUT2D eigenvalue weighted by Gasteiger charge is 2.47.